The molecule has 24 heavy (non-hydrogen) atoms. The molecule has 2 rings (SSSR count). The Morgan fingerprint density at radius 2 is 1.88 bits per heavy atom. The normalized spacial score (nSPS) is 16.1. The van der Waals surface area contributed by atoms with Gasteiger partial charge in [0, 0.05) is 38.9 Å². The number of hydrogen-bond donors (Lipinski definition) is 1. The molecule has 0 aromatic heterocycles. The van der Waals surface area contributed by atoms with Gasteiger partial charge in [-0.05, 0) is 25.5 Å². The van der Waals surface area contributed by atoms with Crippen LogP contribution in [0.25, 0.3) is 0 Å². The number of benzene rings is 1. The quantitative estimate of drug-likeness (QED) is 0.876. The van der Waals surface area contributed by atoms with E-state index in [1.54, 1.807) is 4.90 Å². The van der Waals surface area contributed by atoms with E-state index in [9.17, 15) is 9.59 Å². The van der Waals surface area contributed by atoms with Crippen LogP contribution in [0.4, 0.5) is 0 Å². The minimum absolute atomic E-state index is 0. The summed E-state index contributed by atoms with van der Waals surface area (Å²) in [7, 11) is 1.53. The molecule has 0 radical (unpaired) electrons. The van der Waals surface area contributed by atoms with Gasteiger partial charge in [-0.1, -0.05) is 17.7 Å². The zero-order chi connectivity index (χ0) is 16.8. The van der Waals surface area contributed by atoms with Crippen LogP contribution < -0.4 is 5.73 Å². The maximum Gasteiger partial charge on any atom is 0.253 e. The first-order valence-corrected chi connectivity index (χ1v) is 7.92. The third kappa shape index (κ3) is 5.19. The average molecular weight is 356 g/mol. The fourth-order valence-electron chi connectivity index (χ4n) is 2.79. The van der Waals surface area contributed by atoms with Crippen LogP contribution >= 0.6 is 12.4 Å². The van der Waals surface area contributed by atoms with Gasteiger partial charge in [0.15, 0.2) is 0 Å². The minimum Gasteiger partial charge on any atom is -0.383 e. The van der Waals surface area contributed by atoms with E-state index in [0.717, 1.165) is 12.0 Å². The molecule has 1 atom stereocenters. The molecule has 1 aromatic rings. The van der Waals surface area contributed by atoms with Crippen molar-refractivity contribution in [2.24, 2.45) is 5.73 Å². The number of hydrogen-bond acceptors (Lipinski definition) is 4. The van der Waals surface area contributed by atoms with E-state index in [4.69, 9.17) is 10.5 Å². The van der Waals surface area contributed by atoms with Crippen molar-refractivity contribution >= 4 is 24.2 Å². The molecule has 134 valence electrons. The minimum atomic E-state index is -0.640. The molecule has 1 aliphatic rings. The van der Waals surface area contributed by atoms with Gasteiger partial charge in [0.25, 0.3) is 5.91 Å². The lowest BCUT2D eigenvalue weighted by Gasteiger charge is -2.24. The molecule has 2 amide bonds. The predicted molar refractivity (Wildman–Crippen MR) is 95.4 cm³/mol. The molecule has 6 nitrogen and oxygen atoms in total. The van der Waals surface area contributed by atoms with Gasteiger partial charge in [-0.2, -0.15) is 0 Å². The Morgan fingerprint density at radius 1 is 1.21 bits per heavy atom. The summed E-state index contributed by atoms with van der Waals surface area (Å²) in [6, 6.07) is 6.94. The first kappa shape index (κ1) is 20.4. The average Bonchev–Trinajstić information content (AvgIpc) is 2.79. The SMILES string of the molecule is COCC(N)C(=O)N1CCCN(C(=O)c2cccc(C)c2)CC1.Cl. The van der Waals surface area contributed by atoms with Crippen LogP contribution in [0.5, 0.6) is 0 Å². The molecule has 1 saturated heterocycles. The second kappa shape index (κ2) is 9.61. The highest BCUT2D eigenvalue weighted by Crippen LogP contribution is 2.11. The number of ether oxygens (including phenoxy) is 1. The molecule has 1 unspecified atom stereocenters. The summed E-state index contributed by atoms with van der Waals surface area (Å²) in [6.07, 6.45) is 0.753. The Labute approximate surface area is 149 Å². The molecule has 1 aliphatic heterocycles. The molecule has 1 heterocycles. The number of amides is 2. The van der Waals surface area contributed by atoms with E-state index in [1.165, 1.54) is 7.11 Å². The number of rotatable bonds is 4. The molecular formula is C17H26ClN3O3. The van der Waals surface area contributed by atoms with Crippen molar-refractivity contribution < 1.29 is 14.3 Å². The summed E-state index contributed by atoms with van der Waals surface area (Å²) in [5, 5.41) is 0. The molecule has 0 spiro atoms. The zero-order valence-electron chi connectivity index (χ0n) is 14.2. The highest BCUT2D eigenvalue weighted by Gasteiger charge is 2.25. The lowest BCUT2D eigenvalue weighted by atomic mass is 10.1. The standard InChI is InChI=1S/C17H25N3O3.ClH/c1-13-5-3-6-14(11-13)16(21)19-7-4-8-20(10-9-19)17(22)15(18)12-23-2;/h3,5-6,11,15H,4,7-10,12,18H2,1-2H3;1H. The van der Waals surface area contributed by atoms with Gasteiger partial charge in [-0.15, -0.1) is 12.4 Å². The Morgan fingerprint density at radius 3 is 2.54 bits per heavy atom. The van der Waals surface area contributed by atoms with Gasteiger partial charge in [0.1, 0.15) is 6.04 Å². The van der Waals surface area contributed by atoms with E-state index in [2.05, 4.69) is 0 Å². The highest BCUT2D eigenvalue weighted by atomic mass is 35.5. The number of halogens is 1. The molecular weight excluding hydrogens is 330 g/mol. The van der Waals surface area contributed by atoms with Crippen molar-refractivity contribution in [3.8, 4) is 0 Å². The Kier molecular flexibility index (Phi) is 8.18. The summed E-state index contributed by atoms with van der Waals surface area (Å²) in [6.45, 7) is 4.48. The fourth-order valence-corrected chi connectivity index (χ4v) is 2.79. The Bertz CT molecular complexity index is 568. The first-order chi connectivity index (χ1) is 11.0. The lowest BCUT2D eigenvalue weighted by Crippen LogP contribution is -2.47. The first-order valence-electron chi connectivity index (χ1n) is 7.92. The van der Waals surface area contributed by atoms with Crippen LogP contribution in [0.3, 0.4) is 0 Å². The summed E-state index contributed by atoms with van der Waals surface area (Å²) >= 11 is 0. The Balaban J connectivity index is 0.00000288. The number of methoxy groups -OCH3 is 1. The van der Waals surface area contributed by atoms with Crippen molar-refractivity contribution in [2.45, 2.75) is 19.4 Å². The van der Waals surface area contributed by atoms with Crippen molar-refractivity contribution in [1.29, 1.82) is 0 Å². The van der Waals surface area contributed by atoms with Gasteiger partial charge in [-0.3, -0.25) is 9.59 Å². The van der Waals surface area contributed by atoms with E-state index >= 15 is 0 Å². The van der Waals surface area contributed by atoms with Gasteiger partial charge in [0.2, 0.25) is 5.91 Å². The van der Waals surface area contributed by atoms with Crippen LogP contribution in [0, 0.1) is 6.92 Å². The van der Waals surface area contributed by atoms with Crippen molar-refractivity contribution in [1.82, 2.24) is 9.80 Å². The third-order valence-corrected chi connectivity index (χ3v) is 4.02. The number of nitrogens with zero attached hydrogens (tertiary/aromatic N) is 2. The molecule has 2 N–H and O–H groups in total. The topological polar surface area (TPSA) is 75.9 Å². The van der Waals surface area contributed by atoms with Gasteiger partial charge >= 0.3 is 0 Å². The monoisotopic (exact) mass is 355 g/mol. The van der Waals surface area contributed by atoms with Crippen LogP contribution in [-0.4, -0.2) is 67.6 Å². The largest absolute Gasteiger partial charge is 0.383 e. The predicted octanol–water partition coefficient (Wildman–Crippen LogP) is 1.07. The lowest BCUT2D eigenvalue weighted by molar-refractivity contribution is -0.133. The maximum absolute atomic E-state index is 12.6. The summed E-state index contributed by atoms with van der Waals surface area (Å²) in [5.41, 5.74) is 7.57. The number of nitrogens with two attached hydrogens (primary N) is 1. The molecule has 0 aliphatic carbocycles. The smallest absolute Gasteiger partial charge is 0.253 e. The summed E-state index contributed by atoms with van der Waals surface area (Å²) in [4.78, 5) is 28.4. The molecule has 7 heteroatoms. The van der Waals surface area contributed by atoms with E-state index in [-0.39, 0.29) is 30.8 Å². The highest BCUT2D eigenvalue weighted by molar-refractivity contribution is 5.94. The summed E-state index contributed by atoms with van der Waals surface area (Å²) < 4.78 is 4.94. The maximum atomic E-state index is 12.6. The molecule has 0 saturated carbocycles. The van der Waals surface area contributed by atoms with E-state index in [1.807, 2.05) is 36.1 Å². The summed E-state index contributed by atoms with van der Waals surface area (Å²) in [5.74, 6) is -0.0964. The number of aryl methyl sites for hydroxylation is 1. The van der Waals surface area contributed by atoms with Crippen LogP contribution in [0.1, 0.15) is 22.3 Å². The third-order valence-electron chi connectivity index (χ3n) is 4.02. The van der Waals surface area contributed by atoms with Gasteiger partial charge in [-0.25, -0.2) is 0 Å². The number of carbonyl (C=O) groups excluding carboxylic acids is 2. The van der Waals surface area contributed by atoms with E-state index in [0.29, 0.717) is 31.7 Å². The van der Waals surface area contributed by atoms with E-state index < -0.39 is 6.04 Å². The molecule has 0 bridgehead atoms. The zero-order valence-corrected chi connectivity index (χ0v) is 15.1. The van der Waals surface area contributed by atoms with Gasteiger partial charge in [0.05, 0.1) is 6.61 Å². The van der Waals surface area contributed by atoms with Gasteiger partial charge < -0.3 is 20.3 Å². The van der Waals surface area contributed by atoms with Crippen molar-refractivity contribution in [3.05, 3.63) is 35.4 Å². The molecule has 1 fully saturated rings. The number of carbonyl (C=O) groups is 2. The van der Waals surface area contributed by atoms with Crippen molar-refractivity contribution in [3.63, 3.8) is 0 Å². The van der Waals surface area contributed by atoms with Crippen LogP contribution in [-0.2, 0) is 9.53 Å². The van der Waals surface area contributed by atoms with Crippen molar-refractivity contribution in [2.75, 3.05) is 39.9 Å². The second-order valence-corrected chi connectivity index (χ2v) is 5.90. The van der Waals surface area contributed by atoms with Crippen LogP contribution in [0.15, 0.2) is 24.3 Å². The fraction of sp³-hybridized carbons (Fsp3) is 0.529. The molecule has 1 aromatic carbocycles. The van der Waals surface area contributed by atoms with Crippen LogP contribution in [0.2, 0.25) is 0 Å². The Hall–Kier alpha value is -1.63. The second-order valence-electron chi connectivity index (χ2n) is 5.90.